The molecule has 11 nitrogen and oxygen atoms in total. The lowest BCUT2D eigenvalue weighted by Gasteiger charge is -2.38. The molecular weight excluding hydrogens is 538 g/mol. The van der Waals surface area contributed by atoms with Crippen LogP contribution in [-0.4, -0.2) is 89.0 Å². The van der Waals surface area contributed by atoms with E-state index in [1.54, 1.807) is 17.2 Å². The van der Waals surface area contributed by atoms with Gasteiger partial charge in [0.1, 0.15) is 0 Å². The molecule has 38 heavy (non-hydrogen) atoms. The van der Waals surface area contributed by atoms with E-state index in [-0.39, 0.29) is 16.1 Å². The molecule has 0 radical (unpaired) electrons. The quantitative estimate of drug-likeness (QED) is 0.467. The highest BCUT2D eigenvalue weighted by Crippen LogP contribution is 2.38. The van der Waals surface area contributed by atoms with Crippen LogP contribution in [0.5, 0.6) is 0 Å². The SMILES string of the molecule is CN(C(=O)N1CCN(c2cc(S(=O)(=O)NC3(C)CC3)cc3c2cnn3-c2nnc(C(F)F)s2)CC1)C1CC1. The largest absolute Gasteiger partial charge is 0.367 e. The molecule has 204 valence electrons. The van der Waals surface area contributed by atoms with Gasteiger partial charge < -0.3 is 14.7 Å². The van der Waals surface area contributed by atoms with Gasteiger partial charge in [0.2, 0.25) is 15.2 Å². The number of hydrogen-bond donors (Lipinski definition) is 1. The van der Waals surface area contributed by atoms with Crippen molar-refractivity contribution in [1.82, 2.24) is 34.5 Å². The predicted molar refractivity (Wildman–Crippen MR) is 137 cm³/mol. The summed E-state index contributed by atoms with van der Waals surface area (Å²) >= 11 is 0.703. The molecule has 2 aliphatic carbocycles. The van der Waals surface area contributed by atoms with Crippen LogP contribution in [0, 0.1) is 0 Å². The molecule has 0 atom stereocenters. The van der Waals surface area contributed by atoms with Crippen molar-refractivity contribution >= 4 is 44.0 Å². The maximum atomic E-state index is 13.4. The van der Waals surface area contributed by atoms with E-state index in [1.807, 2.05) is 23.8 Å². The Morgan fingerprint density at radius 2 is 1.89 bits per heavy atom. The molecule has 1 aromatic carbocycles. The van der Waals surface area contributed by atoms with Crippen molar-refractivity contribution in [2.75, 3.05) is 38.1 Å². The van der Waals surface area contributed by atoms with Crippen molar-refractivity contribution in [3.8, 4) is 5.13 Å². The first-order valence-corrected chi connectivity index (χ1v) is 14.8. The van der Waals surface area contributed by atoms with Gasteiger partial charge in [0.15, 0.2) is 5.01 Å². The number of amides is 2. The van der Waals surface area contributed by atoms with Crippen molar-refractivity contribution in [1.29, 1.82) is 0 Å². The summed E-state index contributed by atoms with van der Waals surface area (Å²) in [5.74, 6) is 0. The Bertz CT molecular complexity index is 1490. The number of rotatable bonds is 7. The van der Waals surface area contributed by atoms with Gasteiger partial charge in [0.25, 0.3) is 6.43 Å². The third-order valence-corrected chi connectivity index (χ3v) is 9.94. The standard InChI is InChI=1S/C23H28F2N8O3S2/c1-23(5-6-23)29-38(35,36)15-11-17(31-7-9-32(10-8-31)22(34)30(2)14-3-4-14)16-13-26-33(18(16)12-15)21-28-27-20(37-21)19(24)25/h11-14,19,29H,3-10H2,1-2H3. The van der Waals surface area contributed by atoms with E-state index in [1.165, 1.54) is 10.7 Å². The number of aromatic nitrogens is 4. The van der Waals surface area contributed by atoms with Gasteiger partial charge >= 0.3 is 6.03 Å². The number of halogens is 2. The van der Waals surface area contributed by atoms with Gasteiger partial charge in [0.05, 0.1) is 16.6 Å². The number of piperazine rings is 1. The number of urea groups is 1. The Hall–Kier alpha value is -2.91. The van der Waals surface area contributed by atoms with Crippen molar-refractivity contribution in [2.45, 2.75) is 55.5 Å². The van der Waals surface area contributed by atoms with Gasteiger partial charge in [-0.1, -0.05) is 11.3 Å². The molecule has 0 spiro atoms. The minimum absolute atomic E-state index is 0.00873. The minimum Gasteiger partial charge on any atom is -0.367 e. The Kier molecular flexibility index (Phi) is 6.07. The third kappa shape index (κ3) is 4.71. The van der Waals surface area contributed by atoms with Gasteiger partial charge in [0, 0.05) is 55.9 Å². The van der Waals surface area contributed by atoms with Crippen LogP contribution in [0.1, 0.15) is 44.0 Å². The van der Waals surface area contributed by atoms with Crippen LogP contribution in [0.2, 0.25) is 0 Å². The summed E-state index contributed by atoms with van der Waals surface area (Å²) in [7, 11) is -2.04. The summed E-state index contributed by atoms with van der Waals surface area (Å²) in [6.45, 7) is 3.86. The number of benzene rings is 1. The van der Waals surface area contributed by atoms with Crippen LogP contribution in [0.15, 0.2) is 23.2 Å². The van der Waals surface area contributed by atoms with E-state index in [9.17, 15) is 22.0 Å². The normalized spacial score (nSPS) is 19.4. The second-order valence-corrected chi connectivity index (χ2v) is 13.1. The highest BCUT2D eigenvalue weighted by atomic mass is 32.2. The van der Waals surface area contributed by atoms with Crippen molar-refractivity contribution in [3.63, 3.8) is 0 Å². The minimum atomic E-state index is -3.87. The molecule has 1 aliphatic heterocycles. The number of carbonyl (C=O) groups excluding carboxylic acids is 1. The molecule has 3 aliphatic rings. The topological polar surface area (TPSA) is 117 Å². The lowest BCUT2D eigenvalue weighted by molar-refractivity contribution is 0.150. The number of nitrogens with one attached hydrogen (secondary N) is 1. The molecular formula is C23H28F2N8O3S2. The van der Waals surface area contributed by atoms with E-state index in [0.29, 0.717) is 60.1 Å². The molecule has 3 heterocycles. The van der Waals surface area contributed by atoms with Crippen LogP contribution in [0.3, 0.4) is 0 Å². The monoisotopic (exact) mass is 566 g/mol. The number of fused-ring (bicyclic) bond motifs is 1. The summed E-state index contributed by atoms with van der Waals surface area (Å²) in [4.78, 5) is 18.5. The lowest BCUT2D eigenvalue weighted by Crippen LogP contribution is -2.52. The Labute approximate surface area is 222 Å². The Morgan fingerprint density at radius 3 is 2.50 bits per heavy atom. The molecule has 3 aromatic rings. The van der Waals surface area contributed by atoms with Crippen LogP contribution < -0.4 is 9.62 Å². The van der Waals surface area contributed by atoms with Crippen molar-refractivity contribution in [2.24, 2.45) is 0 Å². The highest BCUT2D eigenvalue weighted by Gasteiger charge is 2.41. The van der Waals surface area contributed by atoms with E-state index in [0.717, 1.165) is 25.7 Å². The predicted octanol–water partition coefficient (Wildman–Crippen LogP) is 2.98. The molecule has 2 aromatic heterocycles. The van der Waals surface area contributed by atoms with Crippen LogP contribution in [0.25, 0.3) is 16.0 Å². The van der Waals surface area contributed by atoms with Crippen molar-refractivity contribution in [3.05, 3.63) is 23.3 Å². The second kappa shape index (κ2) is 9.09. The Morgan fingerprint density at radius 1 is 1.18 bits per heavy atom. The van der Waals surface area contributed by atoms with E-state index in [2.05, 4.69) is 20.0 Å². The summed E-state index contributed by atoms with van der Waals surface area (Å²) in [5, 5.41) is 12.1. The van der Waals surface area contributed by atoms with Gasteiger partial charge in [-0.3, -0.25) is 0 Å². The number of carbonyl (C=O) groups is 1. The first-order valence-electron chi connectivity index (χ1n) is 12.5. The number of nitrogens with zero attached hydrogens (tertiary/aromatic N) is 7. The fourth-order valence-corrected chi connectivity index (χ4v) is 6.88. The zero-order valence-corrected chi connectivity index (χ0v) is 22.6. The van der Waals surface area contributed by atoms with E-state index in [4.69, 9.17) is 0 Å². The van der Waals surface area contributed by atoms with Crippen molar-refractivity contribution < 1.29 is 22.0 Å². The zero-order valence-electron chi connectivity index (χ0n) is 21.0. The fraction of sp³-hybridized carbons (Fsp3) is 0.565. The van der Waals surface area contributed by atoms with E-state index < -0.39 is 27.0 Å². The van der Waals surface area contributed by atoms with Gasteiger partial charge in [-0.15, -0.1) is 10.2 Å². The molecule has 0 bridgehead atoms. The molecule has 2 amide bonds. The summed E-state index contributed by atoms with van der Waals surface area (Å²) in [6.07, 6.45) is 2.39. The maximum absolute atomic E-state index is 13.4. The second-order valence-electron chi connectivity index (χ2n) is 10.4. The fourth-order valence-electron chi connectivity index (χ4n) is 4.71. The molecule has 3 fully saturated rings. The van der Waals surface area contributed by atoms with Gasteiger partial charge in [-0.2, -0.15) is 5.10 Å². The first kappa shape index (κ1) is 25.4. The molecule has 0 unspecified atom stereocenters. The van der Waals surface area contributed by atoms with Crippen LogP contribution in [0.4, 0.5) is 19.3 Å². The first-order chi connectivity index (χ1) is 18.0. The number of alkyl halides is 2. The summed E-state index contributed by atoms with van der Waals surface area (Å²) < 4.78 is 57.2. The average Bonchev–Trinajstić information content (AvgIpc) is 3.76. The van der Waals surface area contributed by atoms with Crippen LogP contribution >= 0.6 is 11.3 Å². The smallest absolute Gasteiger partial charge is 0.320 e. The lowest BCUT2D eigenvalue weighted by atomic mass is 10.1. The molecule has 1 saturated heterocycles. The van der Waals surface area contributed by atoms with Gasteiger partial charge in [-0.25, -0.2) is 31.4 Å². The molecule has 15 heteroatoms. The molecule has 6 rings (SSSR count). The van der Waals surface area contributed by atoms with E-state index >= 15 is 0 Å². The highest BCUT2D eigenvalue weighted by molar-refractivity contribution is 7.89. The molecule has 1 N–H and O–H groups in total. The number of sulfonamides is 1. The maximum Gasteiger partial charge on any atom is 0.320 e. The third-order valence-electron chi connectivity index (χ3n) is 7.42. The van der Waals surface area contributed by atoms with Crippen LogP contribution in [-0.2, 0) is 10.0 Å². The number of hydrogen-bond acceptors (Lipinski definition) is 8. The zero-order chi connectivity index (χ0) is 26.8. The summed E-state index contributed by atoms with van der Waals surface area (Å²) in [5.41, 5.74) is 0.600. The number of anilines is 1. The molecule has 2 saturated carbocycles. The van der Waals surface area contributed by atoms with Gasteiger partial charge in [-0.05, 0) is 44.7 Å². The Balaban J connectivity index is 1.36. The average molecular weight is 567 g/mol. The summed E-state index contributed by atoms with van der Waals surface area (Å²) in [6, 6.07) is 3.45.